The minimum Gasteiger partial charge on any atom is -0.393 e. The molecular formula is C23H25N5O4. The van der Waals surface area contributed by atoms with Crippen LogP contribution in [0.3, 0.4) is 0 Å². The van der Waals surface area contributed by atoms with Crippen LogP contribution in [-0.2, 0) is 0 Å². The predicted octanol–water partition coefficient (Wildman–Crippen LogP) is 3.17. The Hall–Kier alpha value is -3.72. The summed E-state index contributed by atoms with van der Waals surface area (Å²) in [7, 11) is 0. The van der Waals surface area contributed by atoms with Gasteiger partial charge in [0.1, 0.15) is 11.3 Å². The number of rotatable bonds is 5. The first kappa shape index (κ1) is 21.5. The zero-order valence-electron chi connectivity index (χ0n) is 17.7. The molecule has 1 saturated heterocycles. The van der Waals surface area contributed by atoms with E-state index in [0.717, 1.165) is 0 Å². The van der Waals surface area contributed by atoms with Crippen molar-refractivity contribution >= 4 is 34.7 Å². The van der Waals surface area contributed by atoms with E-state index in [1.807, 2.05) is 0 Å². The van der Waals surface area contributed by atoms with Crippen molar-refractivity contribution in [3.8, 4) is 0 Å². The number of hydrogen-bond donors (Lipinski definition) is 3. The van der Waals surface area contributed by atoms with Gasteiger partial charge in [0.2, 0.25) is 0 Å². The van der Waals surface area contributed by atoms with E-state index in [2.05, 4.69) is 15.6 Å². The maximum atomic E-state index is 12.6. The van der Waals surface area contributed by atoms with Gasteiger partial charge in [-0.05, 0) is 49.2 Å². The summed E-state index contributed by atoms with van der Waals surface area (Å²) in [5.74, 6) is -0.332. The number of nitrogens with zero attached hydrogens (tertiary/aromatic N) is 3. The monoisotopic (exact) mass is 435 g/mol. The first-order valence-electron chi connectivity index (χ1n) is 10.6. The number of anilines is 2. The van der Waals surface area contributed by atoms with Crippen molar-refractivity contribution in [3.63, 3.8) is 0 Å². The molecule has 0 aliphatic carbocycles. The van der Waals surface area contributed by atoms with Crippen LogP contribution in [0, 0.1) is 0 Å². The van der Waals surface area contributed by atoms with E-state index in [-0.39, 0.29) is 23.8 Å². The van der Waals surface area contributed by atoms with Gasteiger partial charge in [-0.15, -0.1) is 0 Å². The van der Waals surface area contributed by atoms with Crippen LogP contribution in [0.25, 0.3) is 5.65 Å². The lowest BCUT2D eigenvalue weighted by molar-refractivity contribution is 0.0969. The second-order valence-electron chi connectivity index (χ2n) is 7.77. The number of urea groups is 1. The molecule has 1 aromatic carbocycles. The van der Waals surface area contributed by atoms with Crippen LogP contribution < -0.4 is 10.6 Å². The Morgan fingerprint density at radius 3 is 2.38 bits per heavy atom. The number of imidazole rings is 1. The molecule has 0 spiro atoms. The van der Waals surface area contributed by atoms with Crippen LogP contribution in [-0.4, -0.2) is 56.3 Å². The van der Waals surface area contributed by atoms with Crippen molar-refractivity contribution < 1.29 is 19.5 Å². The first-order chi connectivity index (χ1) is 15.4. The standard InChI is InChI=1S/C23H25N5O4/c1-2-20(30)19-14-28-13-17(7-8-21(28)26-19)24-22(31)15-3-5-16(6-4-15)25-23(32)27-11-9-18(29)10-12-27/h3-8,13-14,18,29H,2,9-12H2,1H3,(H,24,31)(H,25,32). The average Bonchev–Trinajstić information content (AvgIpc) is 3.23. The normalized spacial score (nSPS) is 14.4. The lowest BCUT2D eigenvalue weighted by Gasteiger charge is -2.29. The van der Waals surface area contributed by atoms with Gasteiger partial charge in [0.25, 0.3) is 5.91 Å². The molecule has 0 saturated carbocycles. The zero-order chi connectivity index (χ0) is 22.7. The highest BCUT2D eigenvalue weighted by atomic mass is 16.3. The molecule has 3 heterocycles. The summed E-state index contributed by atoms with van der Waals surface area (Å²) in [5.41, 5.74) is 2.62. The molecule has 0 unspecified atom stereocenters. The van der Waals surface area contributed by atoms with Gasteiger partial charge in [-0.25, -0.2) is 9.78 Å². The van der Waals surface area contributed by atoms with Crippen LogP contribution in [0.5, 0.6) is 0 Å². The van der Waals surface area contributed by atoms with E-state index in [4.69, 9.17) is 0 Å². The van der Waals surface area contributed by atoms with Crippen molar-refractivity contribution in [2.75, 3.05) is 23.7 Å². The maximum absolute atomic E-state index is 12.6. The van der Waals surface area contributed by atoms with Crippen molar-refractivity contribution in [3.05, 3.63) is 60.0 Å². The topological polar surface area (TPSA) is 116 Å². The number of hydrogen-bond acceptors (Lipinski definition) is 5. The number of fused-ring (bicyclic) bond motifs is 1. The molecular weight excluding hydrogens is 410 g/mol. The van der Waals surface area contributed by atoms with Crippen LogP contribution in [0.15, 0.2) is 48.8 Å². The highest BCUT2D eigenvalue weighted by Crippen LogP contribution is 2.17. The largest absolute Gasteiger partial charge is 0.393 e. The molecule has 3 amide bonds. The summed E-state index contributed by atoms with van der Waals surface area (Å²) in [6, 6.07) is 9.87. The third kappa shape index (κ3) is 4.78. The molecule has 1 fully saturated rings. The third-order valence-corrected chi connectivity index (χ3v) is 5.47. The lowest BCUT2D eigenvalue weighted by atomic mass is 10.1. The lowest BCUT2D eigenvalue weighted by Crippen LogP contribution is -2.42. The molecule has 9 nitrogen and oxygen atoms in total. The Labute approximate surface area is 185 Å². The van der Waals surface area contributed by atoms with E-state index in [9.17, 15) is 19.5 Å². The van der Waals surface area contributed by atoms with Gasteiger partial charge >= 0.3 is 6.03 Å². The minimum absolute atomic E-state index is 0.0376. The maximum Gasteiger partial charge on any atom is 0.321 e. The van der Waals surface area contributed by atoms with Gasteiger partial charge in [-0.2, -0.15) is 0 Å². The number of pyridine rings is 1. The number of piperidine rings is 1. The molecule has 166 valence electrons. The van der Waals surface area contributed by atoms with Crippen molar-refractivity contribution in [1.82, 2.24) is 14.3 Å². The number of aliphatic hydroxyl groups excluding tert-OH is 1. The number of nitrogens with one attached hydrogen (secondary N) is 2. The Bertz CT molecular complexity index is 1150. The Kier molecular flexibility index (Phi) is 6.18. The van der Waals surface area contributed by atoms with Crippen molar-refractivity contribution in [1.29, 1.82) is 0 Å². The van der Waals surface area contributed by atoms with E-state index in [1.54, 1.807) is 65.0 Å². The van der Waals surface area contributed by atoms with Gasteiger partial charge in [0.15, 0.2) is 5.78 Å². The Morgan fingerprint density at radius 2 is 1.69 bits per heavy atom. The summed E-state index contributed by atoms with van der Waals surface area (Å²) in [4.78, 5) is 42.7. The van der Waals surface area contributed by atoms with Crippen LogP contribution in [0.1, 0.15) is 47.0 Å². The predicted molar refractivity (Wildman–Crippen MR) is 120 cm³/mol. The molecule has 3 aromatic rings. The molecule has 1 aliphatic heterocycles. The fourth-order valence-electron chi connectivity index (χ4n) is 3.56. The molecule has 9 heteroatoms. The number of aliphatic hydroxyl groups is 1. The van der Waals surface area contributed by atoms with Crippen LogP contribution in [0.2, 0.25) is 0 Å². The second kappa shape index (κ2) is 9.19. The number of carbonyl (C=O) groups is 3. The Balaban J connectivity index is 1.38. The minimum atomic E-state index is -0.341. The first-order valence-corrected chi connectivity index (χ1v) is 10.6. The highest BCUT2D eigenvalue weighted by molar-refractivity contribution is 6.04. The number of benzene rings is 1. The van der Waals surface area contributed by atoms with Gasteiger partial charge in [-0.3, -0.25) is 9.59 Å². The van der Waals surface area contributed by atoms with E-state index in [0.29, 0.717) is 60.6 Å². The number of carbonyl (C=O) groups excluding carboxylic acids is 3. The van der Waals surface area contributed by atoms with Gasteiger partial charge in [0, 0.05) is 43.2 Å². The molecule has 0 radical (unpaired) electrons. The van der Waals surface area contributed by atoms with E-state index >= 15 is 0 Å². The van der Waals surface area contributed by atoms with Gasteiger partial charge < -0.3 is 25.0 Å². The third-order valence-electron chi connectivity index (χ3n) is 5.47. The summed E-state index contributed by atoms with van der Waals surface area (Å²) in [6.45, 7) is 2.82. The molecule has 4 rings (SSSR count). The van der Waals surface area contributed by atoms with Crippen molar-refractivity contribution in [2.24, 2.45) is 0 Å². The number of Topliss-reactive ketones (excluding diaryl/α,β-unsaturated/α-hetero) is 1. The molecule has 0 atom stereocenters. The smallest absolute Gasteiger partial charge is 0.321 e. The zero-order valence-corrected chi connectivity index (χ0v) is 17.7. The molecule has 3 N–H and O–H groups in total. The summed E-state index contributed by atoms with van der Waals surface area (Å²) in [6.07, 6.45) is 4.55. The molecule has 0 bridgehead atoms. The fraction of sp³-hybridized carbons (Fsp3) is 0.304. The highest BCUT2D eigenvalue weighted by Gasteiger charge is 2.21. The van der Waals surface area contributed by atoms with E-state index in [1.165, 1.54) is 0 Å². The van der Waals surface area contributed by atoms with Crippen LogP contribution >= 0.6 is 0 Å². The van der Waals surface area contributed by atoms with Crippen LogP contribution in [0.4, 0.5) is 16.2 Å². The van der Waals surface area contributed by atoms with Crippen molar-refractivity contribution in [2.45, 2.75) is 32.3 Å². The SMILES string of the molecule is CCC(=O)c1cn2cc(NC(=O)c3ccc(NC(=O)N4CCC(O)CC4)cc3)ccc2n1. The Morgan fingerprint density at radius 1 is 1.00 bits per heavy atom. The number of aromatic nitrogens is 2. The van der Waals surface area contributed by atoms with E-state index < -0.39 is 0 Å². The number of ketones is 1. The summed E-state index contributed by atoms with van der Waals surface area (Å²) >= 11 is 0. The molecule has 1 aliphatic rings. The average molecular weight is 435 g/mol. The summed E-state index contributed by atoms with van der Waals surface area (Å²) in [5, 5.41) is 15.2. The van der Waals surface area contributed by atoms with Gasteiger partial charge in [0.05, 0.1) is 11.8 Å². The number of likely N-dealkylation sites (tertiary alicyclic amines) is 1. The fourth-order valence-corrected chi connectivity index (χ4v) is 3.56. The molecule has 2 aromatic heterocycles. The second-order valence-corrected chi connectivity index (χ2v) is 7.77. The molecule has 32 heavy (non-hydrogen) atoms. The quantitative estimate of drug-likeness (QED) is 0.533. The van der Waals surface area contributed by atoms with Gasteiger partial charge in [-0.1, -0.05) is 6.92 Å². The summed E-state index contributed by atoms with van der Waals surface area (Å²) < 4.78 is 1.71. The number of amides is 3.